The largest absolute Gasteiger partial charge is 0.491 e. The van der Waals surface area contributed by atoms with Gasteiger partial charge in [-0.3, -0.25) is 0 Å². The molecule has 0 amide bonds. The van der Waals surface area contributed by atoms with E-state index >= 15 is 0 Å². The number of aromatic nitrogens is 3. The first kappa shape index (κ1) is 28.4. The van der Waals surface area contributed by atoms with E-state index in [2.05, 4.69) is 73.9 Å². The Morgan fingerprint density at radius 1 is 0.846 bits per heavy atom. The molecule has 39 heavy (non-hydrogen) atoms. The molecule has 0 saturated carbocycles. The van der Waals surface area contributed by atoms with Crippen molar-refractivity contribution in [3.63, 3.8) is 0 Å². The molecule has 5 rings (SSSR count). The Bertz CT molecular complexity index is 1730. The van der Waals surface area contributed by atoms with Crippen molar-refractivity contribution in [3.8, 4) is 28.3 Å². The zero-order chi connectivity index (χ0) is 27.5. The van der Waals surface area contributed by atoms with Gasteiger partial charge in [0, 0.05) is 52.3 Å². The fourth-order valence-corrected chi connectivity index (χ4v) is 5.92. The van der Waals surface area contributed by atoms with E-state index in [1.54, 1.807) is 24.3 Å². The standard InChI is InChI=1S/C27H17Br4N3O4S/c28-15-3-6-21(30)19(9-15)25-26(20-10-16(29)4-7-22(20)31)33-34-27(32-25)39-13-17(35)12-37-18-5-1-14-2-8-24(36)38-23(14)11-18/h1-11,17,35H,12-13H2. The number of fused-ring (bicyclic) bond motifs is 1. The van der Waals surface area contributed by atoms with Gasteiger partial charge in [-0.25, -0.2) is 9.78 Å². The number of benzene rings is 3. The summed E-state index contributed by atoms with van der Waals surface area (Å²) in [6.45, 7) is 0.0378. The predicted molar refractivity (Wildman–Crippen MR) is 166 cm³/mol. The van der Waals surface area contributed by atoms with Gasteiger partial charge in [-0.2, -0.15) is 0 Å². The van der Waals surface area contributed by atoms with Crippen LogP contribution in [-0.4, -0.2) is 38.8 Å². The number of aliphatic hydroxyl groups excluding tert-OH is 1. The minimum Gasteiger partial charge on any atom is -0.491 e. The Balaban J connectivity index is 1.35. The molecular weight excluding hydrogens is 782 g/mol. The molecule has 0 saturated heterocycles. The molecule has 5 aromatic rings. The molecule has 0 aliphatic carbocycles. The van der Waals surface area contributed by atoms with Crippen LogP contribution in [0.4, 0.5) is 0 Å². The van der Waals surface area contributed by atoms with Crippen molar-refractivity contribution < 1.29 is 14.3 Å². The van der Waals surface area contributed by atoms with Gasteiger partial charge in [0.2, 0.25) is 5.16 Å². The maximum atomic E-state index is 11.5. The predicted octanol–water partition coefficient (Wildman–Crippen LogP) is 7.89. The fraction of sp³-hybridized carbons (Fsp3) is 0.111. The average molecular weight is 799 g/mol. The summed E-state index contributed by atoms with van der Waals surface area (Å²) >= 11 is 15.6. The molecule has 1 unspecified atom stereocenters. The van der Waals surface area contributed by atoms with Crippen LogP contribution in [0.15, 0.2) is 99.0 Å². The number of thioether (sulfide) groups is 1. The highest BCUT2D eigenvalue weighted by Crippen LogP contribution is 2.39. The third kappa shape index (κ3) is 6.98. The van der Waals surface area contributed by atoms with Crippen molar-refractivity contribution in [1.29, 1.82) is 0 Å². The van der Waals surface area contributed by atoms with Crippen molar-refractivity contribution in [3.05, 3.63) is 95.0 Å². The first-order valence-electron chi connectivity index (χ1n) is 11.4. The maximum Gasteiger partial charge on any atom is 0.336 e. The fourth-order valence-electron chi connectivity index (χ4n) is 3.64. The van der Waals surface area contributed by atoms with Crippen LogP contribution >= 0.6 is 75.5 Å². The van der Waals surface area contributed by atoms with Crippen molar-refractivity contribution in [1.82, 2.24) is 15.2 Å². The lowest BCUT2D eigenvalue weighted by atomic mass is 10.0. The van der Waals surface area contributed by atoms with Crippen molar-refractivity contribution in [2.75, 3.05) is 12.4 Å². The van der Waals surface area contributed by atoms with E-state index in [0.717, 1.165) is 34.4 Å². The van der Waals surface area contributed by atoms with Gasteiger partial charge in [0.25, 0.3) is 0 Å². The molecule has 7 nitrogen and oxygen atoms in total. The zero-order valence-electron chi connectivity index (χ0n) is 19.8. The van der Waals surface area contributed by atoms with Crippen LogP contribution < -0.4 is 10.4 Å². The molecule has 0 spiro atoms. The minimum atomic E-state index is -0.808. The highest BCUT2D eigenvalue weighted by Gasteiger charge is 2.19. The number of nitrogens with zero attached hydrogens (tertiary/aromatic N) is 3. The number of aliphatic hydroxyl groups is 1. The summed E-state index contributed by atoms with van der Waals surface area (Å²) < 4.78 is 14.4. The average Bonchev–Trinajstić information content (AvgIpc) is 2.93. The van der Waals surface area contributed by atoms with Crippen LogP contribution in [-0.2, 0) is 0 Å². The van der Waals surface area contributed by atoms with E-state index in [1.807, 2.05) is 36.4 Å². The molecule has 3 aromatic carbocycles. The molecule has 0 bridgehead atoms. The Hall–Kier alpha value is -2.09. The van der Waals surface area contributed by atoms with Crippen LogP contribution in [0.5, 0.6) is 5.75 Å². The third-order valence-electron chi connectivity index (χ3n) is 5.48. The molecule has 0 radical (unpaired) electrons. The molecule has 12 heteroatoms. The van der Waals surface area contributed by atoms with Gasteiger partial charge in [0.1, 0.15) is 29.3 Å². The number of hydrogen-bond donors (Lipinski definition) is 1. The normalized spacial score (nSPS) is 12.0. The molecule has 0 fully saturated rings. The smallest absolute Gasteiger partial charge is 0.336 e. The van der Waals surface area contributed by atoms with Gasteiger partial charge in [-0.15, -0.1) is 10.2 Å². The SMILES string of the molecule is O=c1ccc2ccc(OCC(O)CSc3nnc(-c4cc(Br)ccc4Br)c(-c4cc(Br)ccc4Br)n3)cc2o1. The maximum absolute atomic E-state index is 11.5. The van der Waals surface area contributed by atoms with Gasteiger partial charge in [-0.1, -0.05) is 75.5 Å². The Labute approximate surface area is 260 Å². The van der Waals surface area contributed by atoms with Crippen LogP contribution in [0.1, 0.15) is 0 Å². The van der Waals surface area contributed by atoms with Gasteiger partial charge >= 0.3 is 5.63 Å². The first-order valence-corrected chi connectivity index (χ1v) is 15.6. The molecule has 2 aromatic heterocycles. The van der Waals surface area contributed by atoms with Gasteiger partial charge in [0.15, 0.2) is 0 Å². The Kier molecular flexibility index (Phi) is 9.20. The summed E-state index contributed by atoms with van der Waals surface area (Å²) in [4.78, 5) is 16.3. The Morgan fingerprint density at radius 3 is 2.23 bits per heavy atom. The molecule has 0 aliphatic heterocycles. The summed E-state index contributed by atoms with van der Waals surface area (Å²) in [6, 6.07) is 19.9. The van der Waals surface area contributed by atoms with Crippen LogP contribution in [0.25, 0.3) is 33.5 Å². The third-order valence-corrected chi connectivity index (χ3v) is 8.83. The zero-order valence-corrected chi connectivity index (χ0v) is 26.9. The molecule has 1 atom stereocenters. The summed E-state index contributed by atoms with van der Waals surface area (Å²) in [6.07, 6.45) is -0.808. The highest BCUT2D eigenvalue weighted by atomic mass is 79.9. The lowest BCUT2D eigenvalue weighted by Crippen LogP contribution is -2.20. The van der Waals surface area contributed by atoms with Gasteiger partial charge < -0.3 is 14.3 Å². The van der Waals surface area contributed by atoms with E-state index < -0.39 is 11.7 Å². The summed E-state index contributed by atoms with van der Waals surface area (Å²) in [7, 11) is 0. The minimum absolute atomic E-state index is 0.0378. The van der Waals surface area contributed by atoms with Crippen LogP contribution in [0.3, 0.4) is 0 Å². The van der Waals surface area contributed by atoms with Gasteiger partial charge in [-0.05, 0) is 54.6 Å². The molecule has 198 valence electrons. The van der Waals surface area contributed by atoms with E-state index in [1.165, 1.54) is 17.8 Å². The van der Waals surface area contributed by atoms with Crippen LogP contribution in [0, 0.1) is 0 Å². The first-order chi connectivity index (χ1) is 18.8. The van der Waals surface area contributed by atoms with Crippen molar-refractivity contribution in [2.24, 2.45) is 0 Å². The lowest BCUT2D eigenvalue weighted by molar-refractivity contribution is 0.126. The van der Waals surface area contributed by atoms with E-state index in [4.69, 9.17) is 14.1 Å². The second-order valence-corrected chi connectivity index (χ2v) is 12.8. The number of hydrogen-bond acceptors (Lipinski definition) is 8. The molecule has 0 aliphatic rings. The van der Waals surface area contributed by atoms with Crippen molar-refractivity contribution in [2.45, 2.75) is 11.3 Å². The topological polar surface area (TPSA) is 98.3 Å². The van der Waals surface area contributed by atoms with E-state index in [0.29, 0.717) is 27.9 Å². The second-order valence-electron chi connectivity index (χ2n) is 8.27. The summed E-state index contributed by atoms with van der Waals surface area (Å²) in [5, 5.41) is 20.7. The summed E-state index contributed by atoms with van der Waals surface area (Å²) in [5.41, 5.74) is 2.92. The van der Waals surface area contributed by atoms with Gasteiger partial charge in [0.05, 0.1) is 6.10 Å². The highest BCUT2D eigenvalue weighted by molar-refractivity contribution is 9.11. The molecule has 2 heterocycles. The van der Waals surface area contributed by atoms with Crippen LogP contribution in [0.2, 0.25) is 0 Å². The molecule has 1 N–H and O–H groups in total. The summed E-state index contributed by atoms with van der Waals surface area (Å²) in [5.74, 6) is 0.771. The van der Waals surface area contributed by atoms with E-state index in [-0.39, 0.29) is 12.4 Å². The number of ether oxygens (including phenoxy) is 1. The number of rotatable bonds is 8. The second kappa shape index (κ2) is 12.6. The van der Waals surface area contributed by atoms with E-state index in [9.17, 15) is 9.90 Å². The monoisotopic (exact) mass is 795 g/mol. The Morgan fingerprint density at radius 2 is 1.51 bits per heavy atom. The lowest BCUT2D eigenvalue weighted by Gasteiger charge is -2.14. The van der Waals surface area contributed by atoms with Crippen molar-refractivity contribution >= 4 is 86.5 Å². The quantitative estimate of drug-likeness (QED) is 0.125. The molecular formula is C27H17Br4N3O4S. The number of halogens is 4.